The van der Waals surface area contributed by atoms with E-state index in [0.717, 1.165) is 60.4 Å². The van der Waals surface area contributed by atoms with E-state index < -0.39 is 23.4 Å². The minimum atomic E-state index is -4.80. The quantitative estimate of drug-likeness (QED) is 0.444. The minimum Gasteiger partial charge on any atom is -0.268 e. The Morgan fingerprint density at radius 1 is 1.04 bits per heavy atom. The molecule has 0 fully saturated rings. The van der Waals surface area contributed by atoms with Crippen molar-refractivity contribution in [2.45, 2.75) is 38.3 Å². The SMILES string of the molecule is O=c1c2c3c(sc2nc(C(F)(F)F)n1-c1ccc(F)cc1)CCCCC3. The van der Waals surface area contributed by atoms with Gasteiger partial charge in [-0.25, -0.2) is 9.37 Å². The Morgan fingerprint density at radius 2 is 1.73 bits per heavy atom. The third kappa shape index (κ3) is 2.82. The average Bonchev–Trinajstić information content (AvgIpc) is 2.77. The summed E-state index contributed by atoms with van der Waals surface area (Å²) in [6.45, 7) is 0. The van der Waals surface area contributed by atoms with Crippen LogP contribution in [0.3, 0.4) is 0 Å². The molecule has 0 saturated heterocycles. The molecule has 0 spiro atoms. The largest absolute Gasteiger partial charge is 0.450 e. The fourth-order valence-corrected chi connectivity index (χ4v) is 4.65. The maximum absolute atomic E-state index is 13.6. The number of halogens is 4. The summed E-state index contributed by atoms with van der Waals surface area (Å²) in [5.74, 6) is -1.87. The van der Waals surface area contributed by atoms with E-state index in [1.54, 1.807) is 0 Å². The fourth-order valence-electron chi connectivity index (χ4n) is 3.40. The normalized spacial score (nSPS) is 15.1. The monoisotopic (exact) mass is 382 g/mol. The zero-order valence-electron chi connectivity index (χ0n) is 13.6. The third-order valence-corrected chi connectivity index (χ3v) is 5.76. The lowest BCUT2D eigenvalue weighted by Crippen LogP contribution is -2.28. The van der Waals surface area contributed by atoms with Crippen LogP contribution in [0.25, 0.3) is 15.9 Å². The van der Waals surface area contributed by atoms with Crippen molar-refractivity contribution in [2.75, 3.05) is 0 Å². The van der Waals surface area contributed by atoms with Gasteiger partial charge >= 0.3 is 6.18 Å². The summed E-state index contributed by atoms with van der Waals surface area (Å²) in [6.07, 6.45) is -0.491. The number of aryl methyl sites for hydroxylation is 2. The minimum absolute atomic E-state index is 0.0494. The predicted octanol–water partition coefficient (Wildman–Crippen LogP) is 4.87. The average molecular weight is 382 g/mol. The van der Waals surface area contributed by atoms with E-state index in [9.17, 15) is 22.4 Å². The van der Waals surface area contributed by atoms with Gasteiger partial charge in [0.25, 0.3) is 5.56 Å². The summed E-state index contributed by atoms with van der Waals surface area (Å²) >= 11 is 1.18. The summed E-state index contributed by atoms with van der Waals surface area (Å²) in [5, 5.41) is 0.268. The van der Waals surface area contributed by atoms with Crippen molar-refractivity contribution in [3.63, 3.8) is 0 Å². The lowest BCUT2D eigenvalue weighted by Gasteiger charge is -2.15. The highest BCUT2D eigenvalue weighted by molar-refractivity contribution is 7.18. The van der Waals surface area contributed by atoms with Crippen LogP contribution < -0.4 is 5.56 Å². The van der Waals surface area contributed by atoms with Crippen LogP contribution in [0.15, 0.2) is 29.1 Å². The lowest BCUT2D eigenvalue weighted by atomic mass is 10.1. The number of rotatable bonds is 1. The Kier molecular flexibility index (Phi) is 4.10. The summed E-state index contributed by atoms with van der Waals surface area (Å²) in [4.78, 5) is 17.9. The first-order valence-electron chi connectivity index (χ1n) is 8.26. The van der Waals surface area contributed by atoms with Gasteiger partial charge in [0.15, 0.2) is 0 Å². The van der Waals surface area contributed by atoms with Crippen LogP contribution in [-0.2, 0) is 19.0 Å². The number of fused-ring (bicyclic) bond motifs is 3. The van der Waals surface area contributed by atoms with Crippen molar-refractivity contribution in [2.24, 2.45) is 0 Å². The summed E-state index contributed by atoms with van der Waals surface area (Å²) in [5.41, 5.74) is 0.0321. The number of aromatic nitrogens is 2. The van der Waals surface area contributed by atoms with Crippen molar-refractivity contribution < 1.29 is 17.6 Å². The molecule has 0 atom stereocenters. The molecule has 26 heavy (non-hydrogen) atoms. The Balaban J connectivity index is 2.07. The molecule has 3 aromatic rings. The Hall–Kier alpha value is -2.22. The molecule has 3 nitrogen and oxygen atoms in total. The number of hydrogen-bond donors (Lipinski definition) is 0. The molecule has 2 aromatic heterocycles. The zero-order chi connectivity index (χ0) is 18.5. The first-order valence-corrected chi connectivity index (χ1v) is 9.08. The molecule has 0 aliphatic heterocycles. The van der Waals surface area contributed by atoms with E-state index in [4.69, 9.17) is 0 Å². The summed E-state index contributed by atoms with van der Waals surface area (Å²) in [6, 6.07) is 4.37. The van der Waals surface area contributed by atoms with Gasteiger partial charge in [-0.2, -0.15) is 13.2 Å². The van der Waals surface area contributed by atoms with Crippen molar-refractivity contribution in [3.05, 3.63) is 56.7 Å². The van der Waals surface area contributed by atoms with Crippen LogP contribution in [-0.4, -0.2) is 9.55 Å². The fraction of sp³-hybridized carbons (Fsp3) is 0.333. The van der Waals surface area contributed by atoms with Crippen LogP contribution in [0.1, 0.15) is 35.5 Å². The molecule has 1 aliphatic rings. The van der Waals surface area contributed by atoms with Crippen LogP contribution in [0.5, 0.6) is 0 Å². The molecule has 2 heterocycles. The summed E-state index contributed by atoms with van der Waals surface area (Å²) in [7, 11) is 0. The number of alkyl halides is 3. The number of benzene rings is 1. The van der Waals surface area contributed by atoms with Crippen molar-refractivity contribution in [1.29, 1.82) is 0 Å². The van der Waals surface area contributed by atoms with E-state index >= 15 is 0 Å². The van der Waals surface area contributed by atoms with Crippen LogP contribution in [0, 0.1) is 5.82 Å². The van der Waals surface area contributed by atoms with Crippen LogP contribution >= 0.6 is 11.3 Å². The maximum atomic E-state index is 13.6. The molecule has 0 amide bonds. The molecule has 0 bridgehead atoms. The molecule has 4 rings (SSSR count). The van der Waals surface area contributed by atoms with Gasteiger partial charge in [-0.15, -0.1) is 11.3 Å². The third-order valence-electron chi connectivity index (χ3n) is 4.58. The van der Waals surface area contributed by atoms with Gasteiger partial charge in [0.05, 0.1) is 11.1 Å². The van der Waals surface area contributed by atoms with Gasteiger partial charge in [-0.3, -0.25) is 9.36 Å². The van der Waals surface area contributed by atoms with Crippen LogP contribution in [0.4, 0.5) is 17.6 Å². The van der Waals surface area contributed by atoms with E-state index in [0.29, 0.717) is 11.0 Å². The van der Waals surface area contributed by atoms with E-state index in [1.165, 1.54) is 11.3 Å². The first-order chi connectivity index (χ1) is 12.4. The maximum Gasteiger partial charge on any atom is 0.450 e. The molecular formula is C18H14F4N2OS. The standard InChI is InChI=1S/C18H14F4N2OS/c19-10-6-8-11(9-7-10)24-16(25)14-12-4-2-1-3-5-13(12)26-15(14)23-17(24)18(20,21)22/h6-9H,1-5H2. The molecule has 8 heteroatoms. The van der Waals surface area contributed by atoms with Gasteiger partial charge < -0.3 is 0 Å². The molecule has 0 N–H and O–H groups in total. The Labute approximate surface area is 149 Å². The predicted molar refractivity (Wildman–Crippen MR) is 91.4 cm³/mol. The molecule has 1 aromatic carbocycles. The van der Waals surface area contributed by atoms with Crippen molar-refractivity contribution >= 4 is 21.6 Å². The van der Waals surface area contributed by atoms with E-state index in [1.807, 2.05) is 0 Å². The summed E-state index contributed by atoms with van der Waals surface area (Å²) < 4.78 is 54.5. The van der Waals surface area contributed by atoms with Gasteiger partial charge in [-0.05, 0) is 55.5 Å². The highest BCUT2D eigenvalue weighted by Crippen LogP contribution is 2.36. The van der Waals surface area contributed by atoms with Crippen molar-refractivity contribution in [1.82, 2.24) is 9.55 Å². The molecule has 0 unspecified atom stereocenters. The molecular weight excluding hydrogens is 368 g/mol. The Morgan fingerprint density at radius 3 is 2.42 bits per heavy atom. The van der Waals surface area contributed by atoms with Crippen LogP contribution in [0.2, 0.25) is 0 Å². The Bertz CT molecular complexity index is 1030. The molecule has 0 saturated carbocycles. The zero-order valence-corrected chi connectivity index (χ0v) is 14.4. The van der Waals surface area contributed by atoms with E-state index in [-0.39, 0.29) is 15.9 Å². The van der Waals surface area contributed by atoms with Crippen molar-refractivity contribution in [3.8, 4) is 5.69 Å². The second kappa shape index (κ2) is 6.19. The number of hydrogen-bond acceptors (Lipinski definition) is 3. The lowest BCUT2D eigenvalue weighted by molar-refractivity contribution is -0.146. The molecule has 0 radical (unpaired) electrons. The van der Waals surface area contributed by atoms with E-state index in [2.05, 4.69) is 4.98 Å². The first kappa shape index (κ1) is 17.2. The highest BCUT2D eigenvalue weighted by atomic mass is 32.1. The molecule has 1 aliphatic carbocycles. The highest BCUT2D eigenvalue weighted by Gasteiger charge is 2.38. The smallest absolute Gasteiger partial charge is 0.268 e. The van der Waals surface area contributed by atoms with Gasteiger partial charge in [0.2, 0.25) is 5.82 Å². The molecule has 136 valence electrons. The van der Waals surface area contributed by atoms with Gasteiger partial charge in [0, 0.05) is 4.88 Å². The number of thiophene rings is 1. The van der Waals surface area contributed by atoms with Gasteiger partial charge in [-0.1, -0.05) is 6.42 Å². The second-order valence-corrected chi connectivity index (χ2v) is 7.38. The topological polar surface area (TPSA) is 34.9 Å². The van der Waals surface area contributed by atoms with Gasteiger partial charge in [0.1, 0.15) is 10.6 Å². The number of nitrogens with zero attached hydrogens (tertiary/aromatic N) is 2. The second-order valence-electron chi connectivity index (χ2n) is 6.29.